The topological polar surface area (TPSA) is 120 Å². The van der Waals surface area contributed by atoms with E-state index >= 15 is 0 Å². The lowest BCUT2D eigenvalue weighted by atomic mass is 10.2. The lowest BCUT2D eigenvalue weighted by Crippen LogP contribution is -2.43. The summed E-state index contributed by atoms with van der Waals surface area (Å²) in [6.07, 6.45) is 2.75. The second-order valence-corrected chi connectivity index (χ2v) is 7.99. The summed E-state index contributed by atoms with van der Waals surface area (Å²) in [6, 6.07) is 12.1. The number of aryl methyl sites for hydroxylation is 2. The minimum absolute atomic E-state index is 0.145. The van der Waals surface area contributed by atoms with Crippen molar-refractivity contribution in [3.63, 3.8) is 0 Å². The molecule has 1 aromatic heterocycles. The first kappa shape index (κ1) is 24.5. The van der Waals surface area contributed by atoms with Crippen LogP contribution in [0.15, 0.2) is 53.1 Å². The van der Waals surface area contributed by atoms with E-state index in [-0.39, 0.29) is 19.1 Å². The van der Waals surface area contributed by atoms with Crippen molar-refractivity contribution in [2.24, 2.45) is 0 Å². The van der Waals surface area contributed by atoms with Gasteiger partial charge in [0.2, 0.25) is 5.91 Å². The molecule has 0 atom stereocenters. The summed E-state index contributed by atoms with van der Waals surface area (Å²) < 4.78 is 21.5. The number of esters is 1. The Morgan fingerprint density at radius 3 is 2.72 bits per heavy atom. The monoisotopic (exact) mass is 491 g/mol. The molecule has 1 aliphatic heterocycles. The van der Waals surface area contributed by atoms with E-state index in [1.807, 2.05) is 13.8 Å². The molecule has 0 unspecified atom stereocenters. The van der Waals surface area contributed by atoms with Gasteiger partial charge in [-0.25, -0.2) is 4.79 Å². The Labute approximate surface area is 207 Å². The smallest absolute Gasteiger partial charge is 0.331 e. The number of aromatic nitrogens is 1. The minimum atomic E-state index is -0.698. The van der Waals surface area contributed by atoms with E-state index in [9.17, 15) is 14.4 Å². The molecular formula is C26H25N3O7. The van der Waals surface area contributed by atoms with Gasteiger partial charge in [0.1, 0.15) is 18.9 Å². The second-order valence-electron chi connectivity index (χ2n) is 7.99. The van der Waals surface area contributed by atoms with Crippen LogP contribution in [-0.2, 0) is 25.7 Å². The number of nitrogens with one attached hydrogen (secondary N) is 1. The van der Waals surface area contributed by atoms with Crippen molar-refractivity contribution in [3.8, 4) is 11.5 Å². The maximum atomic E-state index is 12.6. The van der Waals surface area contributed by atoms with Crippen molar-refractivity contribution < 1.29 is 33.1 Å². The highest BCUT2D eigenvalue weighted by atomic mass is 16.5. The van der Waals surface area contributed by atoms with Gasteiger partial charge in [0.05, 0.1) is 29.7 Å². The van der Waals surface area contributed by atoms with Crippen LogP contribution in [-0.4, -0.2) is 43.2 Å². The summed E-state index contributed by atoms with van der Waals surface area (Å²) in [5, 5.41) is 6.61. The molecule has 4 rings (SSSR count). The quantitative estimate of drug-likeness (QED) is 0.376. The van der Waals surface area contributed by atoms with Crippen LogP contribution in [0.2, 0.25) is 0 Å². The molecule has 0 aliphatic carbocycles. The summed E-state index contributed by atoms with van der Waals surface area (Å²) in [7, 11) is 1.52. The molecule has 0 fully saturated rings. The summed E-state index contributed by atoms with van der Waals surface area (Å²) in [5.74, 6) is 0.177. The first-order chi connectivity index (χ1) is 17.4. The van der Waals surface area contributed by atoms with Gasteiger partial charge in [0.25, 0.3) is 5.91 Å². The Bertz CT molecular complexity index is 1310. The highest BCUT2D eigenvalue weighted by molar-refractivity contribution is 6.10. The number of hydrogen-bond donors (Lipinski definition) is 1. The summed E-state index contributed by atoms with van der Waals surface area (Å²) in [6.45, 7) is 3.29. The Hall–Kier alpha value is -4.60. The highest BCUT2D eigenvalue weighted by Gasteiger charge is 2.27. The number of fused-ring (bicyclic) bond motifs is 1. The van der Waals surface area contributed by atoms with Crippen LogP contribution in [0, 0.1) is 13.8 Å². The van der Waals surface area contributed by atoms with E-state index in [1.54, 1.807) is 42.5 Å². The lowest BCUT2D eigenvalue weighted by molar-refractivity contribution is -0.143. The first-order valence-electron chi connectivity index (χ1n) is 11.1. The zero-order chi connectivity index (χ0) is 25.7. The Morgan fingerprint density at radius 2 is 1.97 bits per heavy atom. The molecule has 0 saturated carbocycles. The molecule has 2 heterocycles. The molecule has 0 bridgehead atoms. The number of anilines is 2. The van der Waals surface area contributed by atoms with E-state index in [1.165, 1.54) is 24.2 Å². The number of para-hydroxylation sites is 2. The largest absolute Gasteiger partial charge is 0.493 e. The van der Waals surface area contributed by atoms with E-state index < -0.39 is 18.5 Å². The van der Waals surface area contributed by atoms with Crippen molar-refractivity contribution in [2.75, 3.05) is 30.5 Å². The summed E-state index contributed by atoms with van der Waals surface area (Å²) in [4.78, 5) is 38.0. The van der Waals surface area contributed by atoms with Crippen molar-refractivity contribution in [3.05, 3.63) is 71.1 Å². The maximum Gasteiger partial charge on any atom is 0.331 e. The Balaban J connectivity index is 1.34. The van der Waals surface area contributed by atoms with Crippen LogP contribution in [0.5, 0.6) is 11.5 Å². The third kappa shape index (κ3) is 5.54. The maximum absolute atomic E-state index is 12.6. The van der Waals surface area contributed by atoms with Crippen molar-refractivity contribution in [1.29, 1.82) is 0 Å². The normalized spacial score (nSPS) is 12.8. The average Bonchev–Trinajstić information content (AvgIpc) is 3.21. The predicted molar refractivity (Wildman–Crippen MR) is 131 cm³/mol. The van der Waals surface area contributed by atoms with Crippen LogP contribution in [0.1, 0.15) is 22.6 Å². The fourth-order valence-corrected chi connectivity index (χ4v) is 3.64. The summed E-state index contributed by atoms with van der Waals surface area (Å²) >= 11 is 0. The van der Waals surface area contributed by atoms with Crippen LogP contribution in [0.3, 0.4) is 0 Å². The number of methoxy groups -OCH3 is 1. The third-order valence-electron chi connectivity index (χ3n) is 5.56. The van der Waals surface area contributed by atoms with Crippen molar-refractivity contribution in [2.45, 2.75) is 20.5 Å². The van der Waals surface area contributed by atoms with Crippen LogP contribution in [0.25, 0.3) is 6.08 Å². The number of rotatable bonds is 8. The zero-order valence-corrected chi connectivity index (χ0v) is 20.1. The van der Waals surface area contributed by atoms with Gasteiger partial charge in [-0.3, -0.25) is 14.5 Å². The molecule has 0 saturated heterocycles. The zero-order valence-electron chi connectivity index (χ0n) is 20.1. The van der Waals surface area contributed by atoms with E-state index in [2.05, 4.69) is 10.5 Å². The van der Waals surface area contributed by atoms with Gasteiger partial charge < -0.3 is 24.1 Å². The van der Waals surface area contributed by atoms with Crippen LogP contribution in [0.4, 0.5) is 11.4 Å². The Kier molecular flexibility index (Phi) is 7.33. The number of hydrogen-bond acceptors (Lipinski definition) is 8. The van der Waals surface area contributed by atoms with Gasteiger partial charge in [0, 0.05) is 6.08 Å². The van der Waals surface area contributed by atoms with Gasteiger partial charge in [-0.15, -0.1) is 0 Å². The van der Waals surface area contributed by atoms with E-state index in [4.69, 9.17) is 18.7 Å². The molecule has 10 heteroatoms. The number of amides is 2. The van der Waals surface area contributed by atoms with Gasteiger partial charge in [-0.1, -0.05) is 23.4 Å². The molecule has 0 spiro atoms. The molecule has 2 amide bonds. The minimum Gasteiger partial charge on any atom is -0.493 e. The molecule has 1 N–H and O–H groups in total. The summed E-state index contributed by atoms with van der Waals surface area (Å²) in [5.41, 5.74) is 3.38. The SMILES string of the molecule is COc1cc(/C=C/C(=O)OCC(=O)N2CC(=O)Nc3ccccc32)ccc1OCc1c(C)noc1C. The van der Waals surface area contributed by atoms with Gasteiger partial charge in [0.15, 0.2) is 18.1 Å². The highest BCUT2D eigenvalue weighted by Crippen LogP contribution is 2.30. The lowest BCUT2D eigenvalue weighted by Gasteiger charge is -2.28. The van der Waals surface area contributed by atoms with E-state index in [0.717, 1.165) is 11.3 Å². The number of carbonyl (C=O) groups is 3. The molecule has 3 aromatic rings. The molecule has 36 heavy (non-hydrogen) atoms. The number of nitrogens with zero attached hydrogens (tertiary/aromatic N) is 2. The predicted octanol–water partition coefficient (Wildman–Crippen LogP) is 3.42. The third-order valence-corrected chi connectivity index (χ3v) is 5.56. The molecular weight excluding hydrogens is 466 g/mol. The fraction of sp³-hybridized carbons (Fsp3) is 0.231. The van der Waals surface area contributed by atoms with Crippen molar-refractivity contribution in [1.82, 2.24) is 5.16 Å². The van der Waals surface area contributed by atoms with Crippen LogP contribution < -0.4 is 19.7 Å². The number of carbonyl (C=O) groups excluding carboxylic acids is 3. The molecule has 10 nitrogen and oxygen atoms in total. The van der Waals surface area contributed by atoms with Gasteiger partial charge in [-0.2, -0.15) is 0 Å². The number of benzene rings is 2. The van der Waals surface area contributed by atoms with Crippen LogP contribution >= 0.6 is 0 Å². The fourth-order valence-electron chi connectivity index (χ4n) is 3.64. The van der Waals surface area contributed by atoms with Gasteiger partial charge in [-0.05, 0) is 49.8 Å². The average molecular weight is 492 g/mol. The Morgan fingerprint density at radius 1 is 1.17 bits per heavy atom. The molecule has 186 valence electrons. The standard InChI is InChI=1S/C26H25N3O7/c1-16-19(17(2)36-28-16)14-34-22-10-8-18(12-23(22)33-3)9-11-26(32)35-15-25(31)29-13-24(30)27-20-6-4-5-7-21(20)29/h4-12H,13-15H2,1-3H3,(H,27,30)/b11-9+. The molecule has 2 aromatic carbocycles. The second kappa shape index (κ2) is 10.8. The van der Waals surface area contributed by atoms with Gasteiger partial charge >= 0.3 is 5.97 Å². The van der Waals surface area contributed by atoms with Crippen molar-refractivity contribution >= 4 is 35.2 Å². The number of ether oxygens (including phenoxy) is 3. The molecule has 0 radical (unpaired) electrons. The first-order valence-corrected chi connectivity index (χ1v) is 11.1. The molecule has 1 aliphatic rings. The van der Waals surface area contributed by atoms with E-state index in [0.29, 0.717) is 34.2 Å².